The number of hydrogen-bond acceptors (Lipinski definition) is 4. The van der Waals surface area contributed by atoms with Crippen LogP contribution in [0.3, 0.4) is 0 Å². The zero-order valence-corrected chi connectivity index (χ0v) is 26.1. The van der Waals surface area contributed by atoms with Crippen LogP contribution in [0.1, 0.15) is 163 Å². The van der Waals surface area contributed by atoms with Crippen LogP contribution in [0.2, 0.25) is 0 Å². The van der Waals surface area contributed by atoms with Gasteiger partial charge in [-0.1, -0.05) is 150 Å². The zero-order chi connectivity index (χ0) is 27.2. The van der Waals surface area contributed by atoms with Crippen LogP contribution < -0.4 is 0 Å². The minimum atomic E-state index is -3.85. The first-order chi connectivity index (χ1) is 17.5. The Morgan fingerprint density at radius 2 is 0.722 bits per heavy atom. The number of unbranched alkanes of at least 4 members (excludes halogenated alkanes) is 18. The van der Waals surface area contributed by atoms with Gasteiger partial charge < -0.3 is 9.79 Å². The zero-order valence-electron chi connectivity index (χ0n) is 25.2. The number of hydrogen-bond donors (Lipinski definition) is 1. The minimum absolute atomic E-state index is 0.322. The smallest absolute Gasteiger partial charge is 0.304 e. The Balaban J connectivity index is 0. The number of phosphoric acid groups is 1. The molecule has 0 aromatic heterocycles. The minimum Gasteiger partial charge on any atom is -0.304 e. The molecule has 0 aliphatic rings. The normalized spacial score (nSPS) is 11.6. The third-order valence-corrected chi connectivity index (χ3v) is 7.86. The van der Waals surface area contributed by atoms with Crippen LogP contribution in [0.25, 0.3) is 0 Å². The highest BCUT2D eigenvalue weighted by molar-refractivity contribution is 7.47. The van der Waals surface area contributed by atoms with E-state index in [1.165, 1.54) is 122 Å². The molecular formula is C30H66NO4P. The van der Waals surface area contributed by atoms with Gasteiger partial charge in [-0.3, -0.25) is 9.05 Å². The van der Waals surface area contributed by atoms with E-state index >= 15 is 0 Å². The second kappa shape index (κ2) is 31.3. The maximum Gasteiger partial charge on any atom is 0.472 e. The van der Waals surface area contributed by atoms with Gasteiger partial charge >= 0.3 is 7.82 Å². The van der Waals surface area contributed by atoms with E-state index < -0.39 is 7.82 Å². The Bertz CT molecular complexity index is 411. The summed E-state index contributed by atoms with van der Waals surface area (Å²) in [7, 11) is -3.85. The van der Waals surface area contributed by atoms with E-state index in [9.17, 15) is 9.46 Å². The van der Waals surface area contributed by atoms with Crippen molar-refractivity contribution < 1.29 is 18.5 Å². The molecule has 0 amide bonds. The molecule has 0 unspecified atom stereocenters. The van der Waals surface area contributed by atoms with E-state index in [1.807, 2.05) is 0 Å². The topological polar surface area (TPSA) is 59.0 Å². The predicted molar refractivity (Wildman–Crippen MR) is 159 cm³/mol. The molecule has 0 spiro atoms. The van der Waals surface area contributed by atoms with E-state index in [1.54, 1.807) is 0 Å². The summed E-state index contributed by atoms with van der Waals surface area (Å²) < 4.78 is 22.0. The molecule has 0 aliphatic carbocycles. The van der Waals surface area contributed by atoms with E-state index in [-0.39, 0.29) is 0 Å². The van der Waals surface area contributed by atoms with Gasteiger partial charge in [-0.05, 0) is 32.5 Å². The largest absolute Gasteiger partial charge is 0.472 e. The summed E-state index contributed by atoms with van der Waals surface area (Å²) in [5.41, 5.74) is 0. The summed E-state index contributed by atoms with van der Waals surface area (Å²) in [5, 5.41) is 0. The van der Waals surface area contributed by atoms with Gasteiger partial charge in [0, 0.05) is 0 Å². The highest BCUT2D eigenvalue weighted by Crippen LogP contribution is 2.43. The number of nitrogens with zero attached hydrogens (tertiary/aromatic N) is 1. The van der Waals surface area contributed by atoms with Crippen LogP contribution in [0.5, 0.6) is 0 Å². The maximum absolute atomic E-state index is 11.8. The molecule has 0 aromatic rings. The van der Waals surface area contributed by atoms with Crippen molar-refractivity contribution in [3.63, 3.8) is 0 Å². The van der Waals surface area contributed by atoms with E-state index in [0.29, 0.717) is 13.2 Å². The molecule has 6 heteroatoms. The van der Waals surface area contributed by atoms with E-state index in [4.69, 9.17) is 9.05 Å². The molecule has 0 saturated carbocycles. The standard InChI is InChI=1S/C24H51O4P.C6H15N/c1-3-5-7-9-11-13-15-17-19-21-23-27-29(25,26)28-24-22-20-18-16-14-12-10-8-6-4-2;1-4-7(5-2)6-3/h3-24H2,1-2H3,(H,25,26);4-6H2,1-3H3. The third-order valence-electron chi connectivity index (χ3n) is 6.85. The molecule has 0 rings (SSSR count). The van der Waals surface area contributed by atoms with Crippen LogP contribution >= 0.6 is 7.82 Å². The van der Waals surface area contributed by atoms with Gasteiger partial charge in [0.05, 0.1) is 13.2 Å². The highest BCUT2D eigenvalue weighted by Gasteiger charge is 2.19. The maximum atomic E-state index is 11.8. The van der Waals surface area contributed by atoms with Crippen LogP contribution in [-0.4, -0.2) is 42.6 Å². The molecule has 0 saturated heterocycles. The first-order valence-corrected chi connectivity index (χ1v) is 17.3. The molecule has 0 aliphatic heterocycles. The van der Waals surface area contributed by atoms with Crippen molar-refractivity contribution >= 4 is 7.82 Å². The first kappa shape index (κ1) is 38.2. The van der Waals surface area contributed by atoms with Crippen molar-refractivity contribution in [1.29, 1.82) is 0 Å². The van der Waals surface area contributed by atoms with Crippen molar-refractivity contribution in [2.75, 3.05) is 32.8 Å². The number of phosphoric ester groups is 1. The van der Waals surface area contributed by atoms with Crippen molar-refractivity contribution in [3.8, 4) is 0 Å². The van der Waals surface area contributed by atoms with Crippen molar-refractivity contribution in [2.45, 2.75) is 163 Å². The quantitative estimate of drug-likeness (QED) is 0.0837. The molecular weight excluding hydrogens is 469 g/mol. The lowest BCUT2D eigenvalue weighted by Crippen LogP contribution is -2.21. The van der Waals surface area contributed by atoms with Crippen LogP contribution in [0, 0.1) is 0 Å². The second-order valence-corrected chi connectivity index (χ2v) is 11.6. The lowest BCUT2D eigenvalue weighted by atomic mass is 10.1. The predicted octanol–water partition coefficient (Wildman–Crippen LogP) is 10.3. The molecule has 0 heterocycles. The van der Waals surface area contributed by atoms with Crippen LogP contribution in [0.15, 0.2) is 0 Å². The average molecular weight is 536 g/mol. The van der Waals surface area contributed by atoms with Crippen LogP contribution in [0.4, 0.5) is 0 Å². The summed E-state index contributed by atoms with van der Waals surface area (Å²) in [4.78, 5) is 12.1. The van der Waals surface area contributed by atoms with Crippen molar-refractivity contribution in [3.05, 3.63) is 0 Å². The Hall–Kier alpha value is 0.0700. The van der Waals surface area contributed by atoms with E-state index in [0.717, 1.165) is 25.7 Å². The second-order valence-electron chi connectivity index (χ2n) is 10.1. The summed E-state index contributed by atoms with van der Waals surface area (Å²) in [6.07, 6.45) is 24.8. The molecule has 0 fully saturated rings. The van der Waals surface area contributed by atoms with Crippen molar-refractivity contribution in [2.24, 2.45) is 0 Å². The van der Waals surface area contributed by atoms with E-state index in [2.05, 4.69) is 39.5 Å². The lowest BCUT2D eigenvalue weighted by molar-refractivity contribution is 0.145. The Morgan fingerprint density at radius 1 is 0.472 bits per heavy atom. The lowest BCUT2D eigenvalue weighted by Gasteiger charge is -2.13. The Morgan fingerprint density at radius 3 is 0.944 bits per heavy atom. The fraction of sp³-hybridized carbons (Fsp3) is 1.00. The number of rotatable bonds is 27. The monoisotopic (exact) mass is 535 g/mol. The molecule has 220 valence electrons. The Kier molecular flexibility index (Phi) is 33.2. The Labute approximate surface area is 227 Å². The molecule has 0 aromatic carbocycles. The summed E-state index contributed by atoms with van der Waals surface area (Å²) >= 11 is 0. The van der Waals surface area contributed by atoms with Crippen LogP contribution in [-0.2, 0) is 13.6 Å². The molecule has 0 bridgehead atoms. The molecule has 5 nitrogen and oxygen atoms in total. The molecule has 36 heavy (non-hydrogen) atoms. The van der Waals surface area contributed by atoms with Crippen molar-refractivity contribution in [1.82, 2.24) is 4.90 Å². The summed E-state index contributed by atoms with van der Waals surface area (Å²) in [6, 6.07) is 0. The van der Waals surface area contributed by atoms with Gasteiger partial charge in [0.25, 0.3) is 0 Å². The molecule has 0 radical (unpaired) electrons. The van der Waals surface area contributed by atoms with Gasteiger partial charge in [-0.15, -0.1) is 0 Å². The SMILES string of the molecule is CCCCCCCCCCCCOP(=O)(O)OCCCCCCCCCCCC.CCN(CC)CC. The molecule has 1 N–H and O–H groups in total. The summed E-state index contributed by atoms with van der Waals surface area (Å²) in [6.45, 7) is 15.3. The first-order valence-electron chi connectivity index (χ1n) is 15.8. The van der Waals surface area contributed by atoms with Gasteiger partial charge in [-0.2, -0.15) is 0 Å². The summed E-state index contributed by atoms with van der Waals surface area (Å²) in [5.74, 6) is 0. The van der Waals surface area contributed by atoms with Gasteiger partial charge in [0.1, 0.15) is 0 Å². The molecule has 0 atom stereocenters. The fourth-order valence-electron chi connectivity index (χ4n) is 4.25. The van der Waals surface area contributed by atoms with Gasteiger partial charge in [0.2, 0.25) is 0 Å². The highest BCUT2D eigenvalue weighted by atomic mass is 31.2. The van der Waals surface area contributed by atoms with Gasteiger partial charge in [0.15, 0.2) is 0 Å². The fourth-order valence-corrected chi connectivity index (χ4v) is 5.04. The average Bonchev–Trinajstić information content (AvgIpc) is 2.87. The van der Waals surface area contributed by atoms with Gasteiger partial charge in [-0.25, -0.2) is 4.57 Å². The third kappa shape index (κ3) is 32.1.